The molecular weight excluding hydrogens is 178 g/mol. The Morgan fingerprint density at radius 1 is 1.43 bits per heavy atom. The molecule has 0 aliphatic carbocycles. The van der Waals surface area contributed by atoms with Gasteiger partial charge in [0.25, 0.3) is 0 Å². The standard InChI is InChI=1S/C11H15NO2/c1-8(11(12)14)7-10(13)9-5-3-2-4-6-9/h2-6,8,10,13H,7H2,1H3,(H2,12,14)/t8?,10-/m0/s1. The second-order valence-corrected chi connectivity index (χ2v) is 3.47. The lowest BCUT2D eigenvalue weighted by Crippen LogP contribution is -2.22. The number of carbonyl (C=O) groups is 1. The highest BCUT2D eigenvalue weighted by molar-refractivity contribution is 5.76. The summed E-state index contributed by atoms with van der Waals surface area (Å²) in [7, 11) is 0. The summed E-state index contributed by atoms with van der Waals surface area (Å²) in [5.41, 5.74) is 5.93. The Morgan fingerprint density at radius 3 is 2.50 bits per heavy atom. The van der Waals surface area contributed by atoms with E-state index in [4.69, 9.17) is 5.73 Å². The normalized spacial score (nSPS) is 14.7. The third-order valence-electron chi connectivity index (χ3n) is 2.25. The van der Waals surface area contributed by atoms with Gasteiger partial charge >= 0.3 is 0 Å². The fraction of sp³-hybridized carbons (Fsp3) is 0.364. The summed E-state index contributed by atoms with van der Waals surface area (Å²) in [6, 6.07) is 9.26. The van der Waals surface area contributed by atoms with E-state index in [2.05, 4.69) is 0 Å². The maximum absolute atomic E-state index is 10.8. The largest absolute Gasteiger partial charge is 0.388 e. The highest BCUT2D eigenvalue weighted by atomic mass is 16.3. The van der Waals surface area contributed by atoms with Gasteiger partial charge in [-0.3, -0.25) is 4.79 Å². The van der Waals surface area contributed by atoms with E-state index in [0.29, 0.717) is 6.42 Å². The van der Waals surface area contributed by atoms with E-state index < -0.39 is 6.10 Å². The number of carbonyl (C=O) groups excluding carboxylic acids is 1. The van der Waals surface area contributed by atoms with Crippen LogP contribution in [-0.4, -0.2) is 11.0 Å². The number of rotatable bonds is 4. The number of aliphatic hydroxyl groups excluding tert-OH is 1. The topological polar surface area (TPSA) is 63.3 Å². The van der Waals surface area contributed by atoms with Gasteiger partial charge in [-0.1, -0.05) is 37.3 Å². The minimum absolute atomic E-state index is 0.301. The number of amides is 1. The maximum Gasteiger partial charge on any atom is 0.220 e. The summed E-state index contributed by atoms with van der Waals surface area (Å²) in [4.78, 5) is 10.8. The number of hydrogen-bond donors (Lipinski definition) is 2. The highest BCUT2D eigenvalue weighted by Crippen LogP contribution is 2.20. The molecule has 1 unspecified atom stereocenters. The molecule has 0 heterocycles. The average molecular weight is 193 g/mol. The van der Waals surface area contributed by atoms with Crippen LogP contribution in [-0.2, 0) is 4.79 Å². The van der Waals surface area contributed by atoms with Crippen LogP contribution in [0, 0.1) is 5.92 Å². The molecule has 3 N–H and O–H groups in total. The molecule has 1 aromatic rings. The van der Waals surface area contributed by atoms with Crippen LogP contribution < -0.4 is 5.73 Å². The van der Waals surface area contributed by atoms with Crippen molar-refractivity contribution in [2.24, 2.45) is 11.7 Å². The van der Waals surface area contributed by atoms with Crippen LogP contribution in [0.15, 0.2) is 30.3 Å². The first kappa shape index (κ1) is 10.7. The monoisotopic (exact) mass is 193 g/mol. The molecule has 0 aliphatic heterocycles. The van der Waals surface area contributed by atoms with Gasteiger partial charge in [0.1, 0.15) is 0 Å². The summed E-state index contributed by atoms with van der Waals surface area (Å²) in [6.45, 7) is 1.72. The molecule has 2 atom stereocenters. The summed E-state index contributed by atoms with van der Waals surface area (Å²) in [5, 5.41) is 9.73. The summed E-state index contributed by atoms with van der Waals surface area (Å²) >= 11 is 0. The minimum Gasteiger partial charge on any atom is -0.388 e. The van der Waals surface area contributed by atoms with Crippen molar-refractivity contribution >= 4 is 5.91 Å². The van der Waals surface area contributed by atoms with E-state index in [0.717, 1.165) is 5.56 Å². The van der Waals surface area contributed by atoms with Crippen molar-refractivity contribution in [1.82, 2.24) is 0 Å². The van der Waals surface area contributed by atoms with E-state index in [1.807, 2.05) is 30.3 Å². The lowest BCUT2D eigenvalue weighted by molar-refractivity contribution is -0.122. The second kappa shape index (κ2) is 4.77. The predicted octanol–water partition coefficient (Wildman–Crippen LogP) is 1.23. The van der Waals surface area contributed by atoms with E-state index in [1.54, 1.807) is 6.92 Å². The molecule has 0 fully saturated rings. The molecule has 3 heteroatoms. The Kier molecular flexibility index (Phi) is 3.65. The van der Waals surface area contributed by atoms with Crippen molar-refractivity contribution in [2.75, 3.05) is 0 Å². The maximum atomic E-state index is 10.8. The van der Waals surface area contributed by atoms with Gasteiger partial charge in [0.05, 0.1) is 6.10 Å². The lowest BCUT2D eigenvalue weighted by Gasteiger charge is -2.13. The van der Waals surface area contributed by atoms with Crippen LogP contribution >= 0.6 is 0 Å². The van der Waals surface area contributed by atoms with Crippen molar-refractivity contribution in [2.45, 2.75) is 19.4 Å². The molecule has 0 saturated carbocycles. The number of hydrogen-bond acceptors (Lipinski definition) is 2. The molecule has 14 heavy (non-hydrogen) atoms. The summed E-state index contributed by atoms with van der Waals surface area (Å²) in [6.07, 6.45) is -0.238. The van der Waals surface area contributed by atoms with Gasteiger partial charge in [0.2, 0.25) is 5.91 Å². The van der Waals surface area contributed by atoms with Crippen LogP contribution in [0.1, 0.15) is 25.0 Å². The van der Waals surface area contributed by atoms with Gasteiger partial charge in [-0.2, -0.15) is 0 Å². The summed E-state index contributed by atoms with van der Waals surface area (Å²) in [5.74, 6) is -0.676. The van der Waals surface area contributed by atoms with Crippen LogP contribution in [0.3, 0.4) is 0 Å². The Morgan fingerprint density at radius 2 is 2.00 bits per heavy atom. The van der Waals surface area contributed by atoms with Gasteiger partial charge in [-0.25, -0.2) is 0 Å². The average Bonchev–Trinajstić information content (AvgIpc) is 2.19. The fourth-order valence-corrected chi connectivity index (χ4v) is 1.26. The van der Waals surface area contributed by atoms with Crippen LogP contribution in [0.2, 0.25) is 0 Å². The van der Waals surface area contributed by atoms with Gasteiger partial charge < -0.3 is 10.8 Å². The highest BCUT2D eigenvalue weighted by Gasteiger charge is 2.15. The molecule has 0 spiro atoms. The molecular formula is C11H15NO2. The smallest absolute Gasteiger partial charge is 0.220 e. The fourth-order valence-electron chi connectivity index (χ4n) is 1.26. The molecule has 1 aromatic carbocycles. The SMILES string of the molecule is CC(C[C@H](O)c1ccccc1)C(N)=O. The third kappa shape index (κ3) is 2.85. The van der Waals surface area contributed by atoms with Gasteiger partial charge in [-0.05, 0) is 12.0 Å². The van der Waals surface area contributed by atoms with Gasteiger partial charge in [0, 0.05) is 5.92 Å². The third-order valence-corrected chi connectivity index (χ3v) is 2.25. The minimum atomic E-state index is -0.612. The molecule has 0 aliphatic rings. The Labute approximate surface area is 83.6 Å². The Balaban J connectivity index is 2.59. The molecule has 0 saturated heterocycles. The van der Waals surface area contributed by atoms with Gasteiger partial charge in [-0.15, -0.1) is 0 Å². The first-order valence-corrected chi connectivity index (χ1v) is 4.63. The van der Waals surface area contributed by atoms with Crippen molar-refractivity contribution in [3.8, 4) is 0 Å². The number of benzene rings is 1. The van der Waals surface area contributed by atoms with Gasteiger partial charge in [0.15, 0.2) is 0 Å². The predicted molar refractivity (Wildman–Crippen MR) is 54.4 cm³/mol. The first-order chi connectivity index (χ1) is 6.61. The van der Waals surface area contributed by atoms with Crippen molar-refractivity contribution in [3.05, 3.63) is 35.9 Å². The first-order valence-electron chi connectivity index (χ1n) is 4.63. The zero-order valence-electron chi connectivity index (χ0n) is 8.18. The molecule has 0 radical (unpaired) electrons. The molecule has 76 valence electrons. The second-order valence-electron chi connectivity index (χ2n) is 3.47. The van der Waals surface area contributed by atoms with Crippen molar-refractivity contribution in [1.29, 1.82) is 0 Å². The number of nitrogens with two attached hydrogens (primary N) is 1. The zero-order valence-corrected chi connectivity index (χ0v) is 8.18. The molecule has 0 aromatic heterocycles. The molecule has 1 rings (SSSR count). The van der Waals surface area contributed by atoms with E-state index >= 15 is 0 Å². The Hall–Kier alpha value is -1.35. The van der Waals surface area contributed by atoms with E-state index in [1.165, 1.54) is 0 Å². The Bertz CT molecular complexity index is 297. The van der Waals surface area contributed by atoms with Crippen LogP contribution in [0.5, 0.6) is 0 Å². The molecule has 1 amide bonds. The van der Waals surface area contributed by atoms with Crippen molar-refractivity contribution in [3.63, 3.8) is 0 Å². The van der Waals surface area contributed by atoms with E-state index in [-0.39, 0.29) is 11.8 Å². The van der Waals surface area contributed by atoms with Crippen LogP contribution in [0.25, 0.3) is 0 Å². The lowest BCUT2D eigenvalue weighted by atomic mass is 9.98. The van der Waals surface area contributed by atoms with Crippen molar-refractivity contribution < 1.29 is 9.90 Å². The quantitative estimate of drug-likeness (QED) is 0.755. The van der Waals surface area contributed by atoms with E-state index in [9.17, 15) is 9.90 Å². The summed E-state index contributed by atoms with van der Waals surface area (Å²) < 4.78 is 0. The number of primary amides is 1. The zero-order chi connectivity index (χ0) is 10.6. The van der Waals surface area contributed by atoms with Crippen LogP contribution in [0.4, 0.5) is 0 Å². The molecule has 3 nitrogen and oxygen atoms in total. The molecule has 0 bridgehead atoms. The number of aliphatic hydroxyl groups is 1.